The van der Waals surface area contributed by atoms with Crippen molar-refractivity contribution in [1.82, 2.24) is 10.2 Å². The predicted molar refractivity (Wildman–Crippen MR) is 199 cm³/mol. The molecule has 2 heterocycles. The summed E-state index contributed by atoms with van der Waals surface area (Å²) in [4.78, 5) is 76.0. The molecule has 1 fully saturated rings. The number of phosphoric acid groups is 1. The maximum atomic E-state index is 13.1. The molecule has 304 valence electrons. The average Bonchev–Trinajstić information content (AvgIpc) is 3.48. The number of phosphoric ester groups is 1. The van der Waals surface area contributed by atoms with Crippen molar-refractivity contribution in [3.8, 4) is 0 Å². The van der Waals surface area contributed by atoms with E-state index in [0.717, 1.165) is 19.3 Å². The first-order valence-electron chi connectivity index (χ1n) is 19.8. The van der Waals surface area contributed by atoms with Crippen LogP contribution in [0.5, 0.6) is 0 Å². The van der Waals surface area contributed by atoms with E-state index in [0.29, 0.717) is 23.2 Å². The Hall–Kier alpha value is -3.36. The molecule has 2 aliphatic rings. The first-order valence-corrected chi connectivity index (χ1v) is 21.3. The summed E-state index contributed by atoms with van der Waals surface area (Å²) in [5, 5.41) is 5.41. The molecular weight excluding hydrogens is 719 g/mol. The zero-order valence-electron chi connectivity index (χ0n) is 31.9. The van der Waals surface area contributed by atoms with Crippen molar-refractivity contribution in [2.24, 2.45) is 0 Å². The van der Waals surface area contributed by atoms with Gasteiger partial charge in [0.15, 0.2) is 6.10 Å². The molecule has 0 spiro atoms. The second kappa shape index (κ2) is 24.9. The van der Waals surface area contributed by atoms with E-state index in [-0.39, 0.29) is 63.7 Å². The van der Waals surface area contributed by atoms with Gasteiger partial charge in [0.2, 0.25) is 11.8 Å². The number of nitrogens with one attached hydrogen (secondary N) is 2. The maximum absolute atomic E-state index is 13.1. The minimum absolute atomic E-state index is 0.0983. The molecule has 0 bridgehead atoms. The van der Waals surface area contributed by atoms with Crippen molar-refractivity contribution >= 4 is 43.2 Å². The van der Waals surface area contributed by atoms with Crippen LogP contribution < -0.4 is 21.3 Å². The van der Waals surface area contributed by atoms with Gasteiger partial charge in [0.05, 0.1) is 19.6 Å². The number of nitrogens with zero attached hydrogens (tertiary/aromatic N) is 1. The van der Waals surface area contributed by atoms with Gasteiger partial charge in [-0.25, -0.2) is 0 Å². The Labute approximate surface area is 319 Å². The number of amides is 3. The lowest BCUT2D eigenvalue weighted by atomic mass is 10.0. The molecule has 3 atom stereocenters. The average molecular weight is 781 g/mol. The summed E-state index contributed by atoms with van der Waals surface area (Å²) in [6.07, 6.45) is 16.0. The molecule has 2 aliphatic heterocycles. The van der Waals surface area contributed by atoms with Gasteiger partial charge in [0.1, 0.15) is 19.3 Å². The van der Waals surface area contributed by atoms with E-state index in [9.17, 15) is 33.4 Å². The number of rotatable bonds is 29. The molecule has 1 saturated heterocycles. The number of carbonyl (C=O) groups is 5. The number of esters is 2. The summed E-state index contributed by atoms with van der Waals surface area (Å²) >= 11 is 0. The number of unbranched alkanes of at least 4 members (excludes halogenated alkanes) is 13. The van der Waals surface area contributed by atoms with Crippen LogP contribution in [-0.4, -0.2) is 79.6 Å². The van der Waals surface area contributed by atoms with Crippen LogP contribution >= 0.6 is 7.82 Å². The Morgan fingerprint density at radius 1 is 0.926 bits per heavy atom. The lowest BCUT2D eigenvalue weighted by Gasteiger charge is -2.29. The van der Waals surface area contributed by atoms with Crippen molar-refractivity contribution in [2.75, 3.05) is 38.2 Å². The monoisotopic (exact) mass is 780 g/mol. The van der Waals surface area contributed by atoms with Crippen LogP contribution in [0.25, 0.3) is 0 Å². The zero-order chi connectivity index (χ0) is 39.2. The maximum Gasteiger partial charge on any atom is 0.308 e. The number of ether oxygens (including phenoxy) is 2. The van der Waals surface area contributed by atoms with Crippen molar-refractivity contribution in [2.45, 2.75) is 141 Å². The summed E-state index contributed by atoms with van der Waals surface area (Å²) in [5.74, 6) is -2.38. The van der Waals surface area contributed by atoms with Gasteiger partial charge in [0.25, 0.3) is 13.7 Å². The third-order valence-corrected chi connectivity index (χ3v) is 10.5. The van der Waals surface area contributed by atoms with E-state index < -0.39 is 51.0 Å². The van der Waals surface area contributed by atoms with Gasteiger partial charge in [-0.2, -0.15) is 0 Å². The minimum Gasteiger partial charge on any atom is -0.756 e. The van der Waals surface area contributed by atoms with Gasteiger partial charge in [0, 0.05) is 42.7 Å². The lowest BCUT2D eigenvalue weighted by Crippen LogP contribution is -2.52. The van der Waals surface area contributed by atoms with Crippen molar-refractivity contribution < 1.29 is 57.7 Å². The van der Waals surface area contributed by atoms with Crippen molar-refractivity contribution in [3.63, 3.8) is 0 Å². The highest BCUT2D eigenvalue weighted by atomic mass is 31.2. The normalized spacial score (nSPS) is 17.1. The lowest BCUT2D eigenvalue weighted by molar-refractivity contribution is -0.373. The van der Waals surface area contributed by atoms with Gasteiger partial charge in [-0.15, -0.1) is 0 Å². The van der Waals surface area contributed by atoms with Crippen LogP contribution in [0, 0.1) is 0 Å². The molecular formula is C38H61N4O11P. The molecule has 0 aromatic heterocycles. The second-order valence-corrected chi connectivity index (χ2v) is 15.4. The summed E-state index contributed by atoms with van der Waals surface area (Å²) in [6.45, 7) is 1.52. The summed E-state index contributed by atoms with van der Waals surface area (Å²) in [5.41, 5.74) is 5.20. The van der Waals surface area contributed by atoms with Gasteiger partial charge < -0.3 is 39.4 Å². The largest absolute Gasteiger partial charge is 0.756 e. The number of imide groups is 1. The Kier molecular flexibility index (Phi) is 20.8. The summed E-state index contributed by atoms with van der Waals surface area (Å²) in [6, 6.07) is 4.33. The van der Waals surface area contributed by atoms with Crippen molar-refractivity contribution in [1.29, 1.82) is 0 Å². The first-order chi connectivity index (χ1) is 26.0. The molecule has 5 N–H and O–H groups in total. The summed E-state index contributed by atoms with van der Waals surface area (Å²) in [7, 11) is -4.70. The Morgan fingerprint density at radius 2 is 1.57 bits per heavy atom. The van der Waals surface area contributed by atoms with E-state index >= 15 is 0 Å². The van der Waals surface area contributed by atoms with E-state index in [1.165, 1.54) is 69.1 Å². The van der Waals surface area contributed by atoms with Crippen LogP contribution in [0.15, 0.2) is 18.2 Å². The molecule has 3 amide bonds. The number of piperidine rings is 1. The number of hydrogen-bond donors (Lipinski definition) is 3. The van der Waals surface area contributed by atoms with Crippen LogP contribution in [0.3, 0.4) is 0 Å². The molecule has 1 aromatic rings. The van der Waals surface area contributed by atoms with Crippen LogP contribution in [0.1, 0.15) is 138 Å². The van der Waals surface area contributed by atoms with Crippen LogP contribution in [0.2, 0.25) is 0 Å². The van der Waals surface area contributed by atoms with Crippen molar-refractivity contribution in [3.05, 3.63) is 29.3 Å². The topological polar surface area (TPSA) is 217 Å². The molecule has 15 nitrogen and oxygen atoms in total. The molecule has 0 radical (unpaired) electrons. The second-order valence-electron chi connectivity index (χ2n) is 14.0. The fourth-order valence-corrected chi connectivity index (χ4v) is 7.30. The third kappa shape index (κ3) is 16.6. The van der Waals surface area contributed by atoms with Crippen LogP contribution in [0.4, 0.5) is 5.69 Å². The minimum atomic E-state index is -4.70. The molecule has 16 heteroatoms. The van der Waals surface area contributed by atoms with E-state index in [1.54, 1.807) is 18.2 Å². The van der Waals surface area contributed by atoms with E-state index in [1.807, 2.05) is 0 Å². The quantitative estimate of drug-likeness (QED) is 0.0448. The number of benzene rings is 1. The fraction of sp³-hybridized carbons (Fsp3) is 0.711. The predicted octanol–water partition coefficient (Wildman–Crippen LogP) is 4.32. The highest BCUT2D eigenvalue weighted by Gasteiger charge is 2.39. The highest BCUT2D eigenvalue weighted by molar-refractivity contribution is 7.45. The number of fused-ring (bicyclic) bond motifs is 1. The number of carbonyl (C=O) groups excluding carboxylic acids is 5. The van der Waals surface area contributed by atoms with E-state index in [2.05, 4.69) is 23.3 Å². The molecule has 54 heavy (non-hydrogen) atoms. The summed E-state index contributed by atoms with van der Waals surface area (Å²) < 4.78 is 32.5. The van der Waals surface area contributed by atoms with Gasteiger partial charge >= 0.3 is 11.9 Å². The molecule has 1 aromatic carbocycles. The molecule has 0 saturated carbocycles. The SMILES string of the molecule is CCCCCCCCCCCCCCCCC(=O)OC[C@H](COP(=O)([O-])OCC[NH3+])OC(=O)CCNc1cccc2c1CN([C@@H]1CCC(=O)NC1=O)C2=O. The number of hydrogen-bond acceptors (Lipinski definition) is 12. The zero-order valence-corrected chi connectivity index (χ0v) is 32.8. The highest BCUT2D eigenvalue weighted by Crippen LogP contribution is 2.38. The Bertz CT molecular complexity index is 1410. The number of quaternary nitrogens is 1. The Morgan fingerprint density at radius 3 is 2.20 bits per heavy atom. The first kappa shape index (κ1) is 45.0. The third-order valence-electron chi connectivity index (χ3n) is 9.50. The number of anilines is 1. The van der Waals surface area contributed by atoms with Crippen LogP contribution in [-0.2, 0) is 48.8 Å². The molecule has 1 unspecified atom stereocenters. The smallest absolute Gasteiger partial charge is 0.308 e. The van der Waals surface area contributed by atoms with Gasteiger partial charge in [-0.3, -0.25) is 33.9 Å². The van der Waals surface area contributed by atoms with Gasteiger partial charge in [-0.1, -0.05) is 96.5 Å². The Balaban J connectivity index is 1.39. The van der Waals surface area contributed by atoms with E-state index in [4.69, 9.17) is 18.5 Å². The molecule has 3 rings (SSSR count). The standard InChI is InChI=1S/C38H61N4O11P/c1-2-3-4-5-6-7-8-9-10-11-12-13-14-15-19-35(44)50-27-29(28-52-54(48,49)51-25-23-39)53-36(45)22-24-40-32-18-16-17-30-31(32)26-42(38(30)47)33-20-21-34(43)41-37(33)46/h16-18,29,33,40H,2-15,19-28,39H2,1H3,(H,48,49)(H,41,43,46)/t29-,33-/m1/s1. The molecule has 0 aliphatic carbocycles. The van der Waals surface area contributed by atoms with Gasteiger partial charge in [-0.05, 0) is 25.0 Å². The fourth-order valence-electron chi connectivity index (χ4n) is 6.52.